The second-order valence-corrected chi connectivity index (χ2v) is 5.68. The molecular formula is C17H18BrNO4. The SMILES string of the molecule is CCOc1c(CNc2ccc(C(=O)O)cc2)cc(Br)cc1OC. The van der Waals surface area contributed by atoms with Crippen LogP contribution < -0.4 is 14.8 Å². The molecule has 0 aliphatic rings. The lowest BCUT2D eigenvalue weighted by atomic mass is 10.1. The number of halogens is 1. The number of carboxylic acid groups (broad SMARTS) is 1. The van der Waals surface area contributed by atoms with Crippen molar-refractivity contribution in [2.45, 2.75) is 13.5 Å². The van der Waals surface area contributed by atoms with Gasteiger partial charge in [-0.15, -0.1) is 0 Å². The molecule has 0 bridgehead atoms. The number of anilines is 1. The van der Waals surface area contributed by atoms with Gasteiger partial charge in [0.15, 0.2) is 11.5 Å². The number of carbonyl (C=O) groups is 1. The Morgan fingerprint density at radius 1 is 1.26 bits per heavy atom. The van der Waals surface area contributed by atoms with Crippen LogP contribution in [0.2, 0.25) is 0 Å². The monoisotopic (exact) mass is 379 g/mol. The Bertz CT molecular complexity index is 686. The molecule has 6 heteroatoms. The molecule has 2 aromatic rings. The fraction of sp³-hybridized carbons (Fsp3) is 0.235. The van der Waals surface area contributed by atoms with E-state index in [-0.39, 0.29) is 5.56 Å². The predicted octanol–water partition coefficient (Wildman–Crippen LogP) is 4.17. The summed E-state index contributed by atoms with van der Waals surface area (Å²) in [6, 6.07) is 10.4. The summed E-state index contributed by atoms with van der Waals surface area (Å²) in [6.07, 6.45) is 0. The topological polar surface area (TPSA) is 67.8 Å². The van der Waals surface area contributed by atoms with E-state index in [0.717, 1.165) is 15.7 Å². The molecule has 0 unspecified atom stereocenters. The van der Waals surface area contributed by atoms with Crippen molar-refractivity contribution >= 4 is 27.6 Å². The summed E-state index contributed by atoms with van der Waals surface area (Å²) in [4.78, 5) is 10.9. The molecule has 0 saturated carbocycles. The average molecular weight is 380 g/mol. The lowest BCUT2D eigenvalue weighted by Gasteiger charge is -2.16. The lowest BCUT2D eigenvalue weighted by molar-refractivity contribution is 0.0697. The third kappa shape index (κ3) is 4.39. The summed E-state index contributed by atoms with van der Waals surface area (Å²) in [7, 11) is 1.60. The van der Waals surface area contributed by atoms with Crippen molar-refractivity contribution in [1.82, 2.24) is 0 Å². The first-order valence-corrected chi connectivity index (χ1v) is 7.91. The third-order valence-corrected chi connectivity index (χ3v) is 3.68. The molecular weight excluding hydrogens is 362 g/mol. The number of aromatic carboxylic acids is 1. The van der Waals surface area contributed by atoms with E-state index in [9.17, 15) is 4.79 Å². The number of benzene rings is 2. The Morgan fingerprint density at radius 2 is 1.96 bits per heavy atom. The molecule has 122 valence electrons. The Balaban J connectivity index is 2.18. The fourth-order valence-electron chi connectivity index (χ4n) is 2.14. The minimum absolute atomic E-state index is 0.259. The summed E-state index contributed by atoms with van der Waals surface area (Å²) in [6.45, 7) is 2.99. The van der Waals surface area contributed by atoms with E-state index in [4.69, 9.17) is 14.6 Å². The van der Waals surface area contributed by atoms with Crippen molar-refractivity contribution in [3.05, 3.63) is 52.0 Å². The summed E-state index contributed by atoms with van der Waals surface area (Å²) >= 11 is 3.46. The Morgan fingerprint density at radius 3 is 2.52 bits per heavy atom. The largest absolute Gasteiger partial charge is 0.493 e. The van der Waals surface area contributed by atoms with Crippen LogP contribution in [0.3, 0.4) is 0 Å². The maximum absolute atomic E-state index is 10.9. The molecule has 0 aliphatic heterocycles. The van der Waals surface area contributed by atoms with Crippen molar-refractivity contribution in [3.63, 3.8) is 0 Å². The molecule has 0 amide bonds. The van der Waals surface area contributed by atoms with Gasteiger partial charge in [-0.05, 0) is 43.3 Å². The van der Waals surface area contributed by atoms with E-state index < -0.39 is 5.97 Å². The number of carboxylic acids is 1. The van der Waals surface area contributed by atoms with Gasteiger partial charge in [-0.2, -0.15) is 0 Å². The summed E-state index contributed by atoms with van der Waals surface area (Å²) < 4.78 is 12.0. The molecule has 0 radical (unpaired) electrons. The molecule has 0 aliphatic carbocycles. The van der Waals surface area contributed by atoms with Crippen molar-refractivity contribution in [3.8, 4) is 11.5 Å². The third-order valence-electron chi connectivity index (χ3n) is 3.22. The van der Waals surface area contributed by atoms with Crippen molar-refractivity contribution in [2.75, 3.05) is 19.0 Å². The van der Waals surface area contributed by atoms with Crippen LogP contribution in [0.4, 0.5) is 5.69 Å². The molecule has 0 saturated heterocycles. The predicted molar refractivity (Wildman–Crippen MR) is 92.6 cm³/mol. The summed E-state index contributed by atoms with van der Waals surface area (Å²) in [5.41, 5.74) is 2.03. The lowest BCUT2D eigenvalue weighted by Crippen LogP contribution is -2.05. The van der Waals surface area contributed by atoms with Gasteiger partial charge in [-0.25, -0.2) is 4.79 Å². The molecule has 2 N–H and O–H groups in total. The Kier molecular flexibility index (Phi) is 5.87. The number of rotatable bonds is 7. The molecule has 2 aromatic carbocycles. The standard InChI is InChI=1S/C17H18BrNO4/c1-3-23-16-12(8-13(18)9-15(16)22-2)10-19-14-6-4-11(5-7-14)17(20)21/h4-9,19H,3,10H2,1-2H3,(H,20,21). The van der Waals surface area contributed by atoms with Gasteiger partial charge in [0, 0.05) is 22.3 Å². The van der Waals surface area contributed by atoms with Gasteiger partial charge in [0.25, 0.3) is 0 Å². The second-order valence-electron chi connectivity index (χ2n) is 4.77. The van der Waals surface area contributed by atoms with Crippen LogP contribution in [0.25, 0.3) is 0 Å². The molecule has 0 fully saturated rings. The first-order chi connectivity index (χ1) is 11.0. The van der Waals surface area contributed by atoms with Crippen LogP contribution in [-0.2, 0) is 6.54 Å². The summed E-state index contributed by atoms with van der Waals surface area (Å²) in [5, 5.41) is 12.2. The smallest absolute Gasteiger partial charge is 0.335 e. The van der Waals surface area contributed by atoms with E-state index in [1.807, 2.05) is 19.1 Å². The first-order valence-electron chi connectivity index (χ1n) is 7.11. The Labute approximate surface area is 143 Å². The highest BCUT2D eigenvalue weighted by Crippen LogP contribution is 2.35. The van der Waals surface area contributed by atoms with Crippen LogP contribution in [0, 0.1) is 0 Å². The molecule has 23 heavy (non-hydrogen) atoms. The minimum Gasteiger partial charge on any atom is -0.493 e. The number of methoxy groups -OCH3 is 1. The molecule has 0 heterocycles. The number of nitrogens with one attached hydrogen (secondary N) is 1. The fourth-order valence-corrected chi connectivity index (χ4v) is 2.63. The van der Waals surface area contributed by atoms with Crippen LogP contribution in [0.1, 0.15) is 22.8 Å². The molecule has 5 nitrogen and oxygen atoms in total. The Hall–Kier alpha value is -2.21. The zero-order valence-electron chi connectivity index (χ0n) is 12.9. The normalized spacial score (nSPS) is 10.2. The van der Waals surface area contributed by atoms with E-state index in [1.165, 1.54) is 0 Å². The van der Waals surface area contributed by atoms with Gasteiger partial charge in [0.05, 0.1) is 19.3 Å². The number of hydrogen-bond donors (Lipinski definition) is 2. The van der Waals surface area contributed by atoms with Crippen molar-refractivity contribution in [2.24, 2.45) is 0 Å². The van der Waals surface area contributed by atoms with Gasteiger partial charge in [-0.1, -0.05) is 15.9 Å². The molecule has 0 atom stereocenters. The molecule has 0 aromatic heterocycles. The van der Waals surface area contributed by atoms with Crippen LogP contribution >= 0.6 is 15.9 Å². The van der Waals surface area contributed by atoms with Crippen LogP contribution in [-0.4, -0.2) is 24.8 Å². The minimum atomic E-state index is -0.938. The van der Waals surface area contributed by atoms with Gasteiger partial charge < -0.3 is 19.9 Å². The summed E-state index contributed by atoms with van der Waals surface area (Å²) in [5.74, 6) is 0.430. The number of ether oxygens (including phenoxy) is 2. The zero-order valence-corrected chi connectivity index (χ0v) is 14.5. The first kappa shape index (κ1) is 17.1. The number of hydrogen-bond acceptors (Lipinski definition) is 4. The maximum atomic E-state index is 10.9. The zero-order chi connectivity index (χ0) is 16.8. The van der Waals surface area contributed by atoms with E-state index in [2.05, 4.69) is 21.2 Å². The van der Waals surface area contributed by atoms with Crippen LogP contribution in [0.5, 0.6) is 11.5 Å². The molecule has 2 rings (SSSR count). The highest BCUT2D eigenvalue weighted by Gasteiger charge is 2.12. The van der Waals surface area contributed by atoms with Gasteiger partial charge in [-0.3, -0.25) is 0 Å². The molecule has 0 spiro atoms. The van der Waals surface area contributed by atoms with Crippen LogP contribution in [0.15, 0.2) is 40.9 Å². The van der Waals surface area contributed by atoms with E-state index in [0.29, 0.717) is 24.7 Å². The average Bonchev–Trinajstić information content (AvgIpc) is 2.55. The van der Waals surface area contributed by atoms with Crippen molar-refractivity contribution < 1.29 is 19.4 Å². The van der Waals surface area contributed by atoms with Gasteiger partial charge in [0.1, 0.15) is 0 Å². The maximum Gasteiger partial charge on any atom is 0.335 e. The van der Waals surface area contributed by atoms with Gasteiger partial charge in [0.2, 0.25) is 0 Å². The highest BCUT2D eigenvalue weighted by molar-refractivity contribution is 9.10. The van der Waals surface area contributed by atoms with E-state index >= 15 is 0 Å². The highest BCUT2D eigenvalue weighted by atomic mass is 79.9. The quantitative estimate of drug-likeness (QED) is 0.755. The van der Waals surface area contributed by atoms with Gasteiger partial charge >= 0.3 is 5.97 Å². The second kappa shape index (κ2) is 7.87. The van der Waals surface area contributed by atoms with E-state index in [1.54, 1.807) is 31.4 Å². The van der Waals surface area contributed by atoms with Crippen molar-refractivity contribution in [1.29, 1.82) is 0 Å².